The second-order valence-electron chi connectivity index (χ2n) is 8.93. The minimum Gasteiger partial charge on any atom is -0.0617 e. The van der Waals surface area contributed by atoms with E-state index in [0.29, 0.717) is 5.92 Å². The van der Waals surface area contributed by atoms with Gasteiger partial charge >= 0.3 is 0 Å². The third kappa shape index (κ3) is 4.70. The van der Waals surface area contributed by atoms with Crippen molar-refractivity contribution >= 4 is 0 Å². The van der Waals surface area contributed by atoms with Crippen LogP contribution in [0.4, 0.5) is 0 Å². The van der Waals surface area contributed by atoms with Gasteiger partial charge in [0.05, 0.1) is 0 Å². The Balaban J connectivity index is 2.14. The zero-order valence-corrected chi connectivity index (χ0v) is 15.9. The quantitative estimate of drug-likeness (QED) is 0.597. The van der Waals surface area contributed by atoms with Crippen LogP contribution in [-0.4, -0.2) is 0 Å². The first-order valence-corrected chi connectivity index (χ1v) is 8.77. The van der Waals surface area contributed by atoms with Gasteiger partial charge in [0.15, 0.2) is 0 Å². The molecule has 23 heavy (non-hydrogen) atoms. The second-order valence-corrected chi connectivity index (χ2v) is 8.93. The molecule has 0 aliphatic rings. The van der Waals surface area contributed by atoms with E-state index in [4.69, 9.17) is 0 Å². The zero-order chi connectivity index (χ0) is 17.3. The fourth-order valence-corrected chi connectivity index (χ4v) is 2.92. The van der Waals surface area contributed by atoms with Gasteiger partial charge in [-0.25, -0.2) is 0 Å². The first-order chi connectivity index (χ1) is 10.6. The van der Waals surface area contributed by atoms with E-state index in [-0.39, 0.29) is 10.8 Å². The Labute approximate surface area is 143 Å². The highest BCUT2D eigenvalue weighted by Gasteiger charge is 2.16. The molecule has 0 heteroatoms. The Morgan fingerprint density at radius 2 is 1.30 bits per heavy atom. The number of benzene rings is 2. The van der Waals surface area contributed by atoms with Gasteiger partial charge in [0.1, 0.15) is 0 Å². The highest BCUT2D eigenvalue weighted by atomic mass is 14.2. The van der Waals surface area contributed by atoms with Crippen molar-refractivity contribution in [2.75, 3.05) is 0 Å². The molecule has 0 radical (unpaired) electrons. The molecule has 1 unspecified atom stereocenters. The van der Waals surface area contributed by atoms with Crippen LogP contribution in [-0.2, 0) is 17.3 Å². The lowest BCUT2D eigenvalue weighted by Gasteiger charge is -2.22. The second kappa shape index (κ2) is 6.51. The molecule has 0 aromatic heterocycles. The fraction of sp³-hybridized carbons (Fsp3) is 0.478. The topological polar surface area (TPSA) is 0 Å². The van der Waals surface area contributed by atoms with Crippen molar-refractivity contribution < 1.29 is 0 Å². The summed E-state index contributed by atoms with van der Waals surface area (Å²) in [7, 11) is 0. The summed E-state index contributed by atoms with van der Waals surface area (Å²) in [6.07, 6.45) is 1.10. The highest BCUT2D eigenvalue weighted by molar-refractivity contribution is 5.33. The van der Waals surface area contributed by atoms with Crippen molar-refractivity contribution in [2.45, 2.75) is 71.6 Å². The van der Waals surface area contributed by atoms with Crippen molar-refractivity contribution in [1.29, 1.82) is 0 Å². The molecule has 2 aromatic carbocycles. The molecule has 0 bridgehead atoms. The van der Waals surface area contributed by atoms with Crippen LogP contribution >= 0.6 is 0 Å². The van der Waals surface area contributed by atoms with E-state index in [1.54, 1.807) is 0 Å². The molecule has 0 amide bonds. The van der Waals surface area contributed by atoms with Crippen LogP contribution in [0, 0.1) is 0 Å². The fourth-order valence-electron chi connectivity index (χ4n) is 2.92. The van der Waals surface area contributed by atoms with Gasteiger partial charge < -0.3 is 0 Å². The normalized spacial score (nSPS) is 13.9. The van der Waals surface area contributed by atoms with Gasteiger partial charge in [-0.3, -0.25) is 0 Å². The summed E-state index contributed by atoms with van der Waals surface area (Å²) in [5.41, 5.74) is 6.13. The van der Waals surface area contributed by atoms with Crippen LogP contribution in [0.25, 0.3) is 0 Å². The number of rotatable bonds is 3. The smallest absolute Gasteiger partial charge is 0.0132 e. The average molecular weight is 309 g/mol. The Morgan fingerprint density at radius 1 is 0.739 bits per heavy atom. The standard InChI is InChI=1S/C23H32/c1-17(19-9-8-10-21(16-19)23(5,6)7)15-18-11-13-20(14-12-18)22(2,3)4/h8-14,16-17H,15H2,1-7H3. The van der Waals surface area contributed by atoms with E-state index in [9.17, 15) is 0 Å². The van der Waals surface area contributed by atoms with Gasteiger partial charge in [0, 0.05) is 0 Å². The van der Waals surface area contributed by atoms with Gasteiger partial charge in [0.25, 0.3) is 0 Å². The van der Waals surface area contributed by atoms with Gasteiger partial charge in [-0.1, -0.05) is 97.0 Å². The van der Waals surface area contributed by atoms with Crippen LogP contribution in [0.2, 0.25) is 0 Å². The Kier molecular flexibility index (Phi) is 5.04. The molecule has 0 N–H and O–H groups in total. The SMILES string of the molecule is CC(Cc1ccc(C(C)(C)C)cc1)c1cccc(C(C)(C)C)c1. The summed E-state index contributed by atoms with van der Waals surface area (Å²) in [6.45, 7) is 16.0. The maximum atomic E-state index is 2.38. The summed E-state index contributed by atoms with van der Waals surface area (Å²) in [6, 6.07) is 18.3. The van der Waals surface area contributed by atoms with Crippen molar-refractivity contribution in [2.24, 2.45) is 0 Å². The van der Waals surface area contributed by atoms with E-state index in [1.165, 1.54) is 22.3 Å². The molecule has 0 nitrogen and oxygen atoms in total. The van der Waals surface area contributed by atoms with E-state index in [2.05, 4.69) is 97.0 Å². The van der Waals surface area contributed by atoms with Gasteiger partial charge in [-0.05, 0) is 45.4 Å². The number of hydrogen-bond acceptors (Lipinski definition) is 0. The maximum Gasteiger partial charge on any atom is -0.0132 e. The van der Waals surface area contributed by atoms with Crippen molar-refractivity contribution in [3.8, 4) is 0 Å². The molecule has 0 saturated heterocycles. The molecule has 0 fully saturated rings. The molecule has 124 valence electrons. The molecule has 2 rings (SSSR count). The van der Waals surface area contributed by atoms with Crippen LogP contribution in [0.1, 0.15) is 76.6 Å². The summed E-state index contributed by atoms with van der Waals surface area (Å²) in [5.74, 6) is 0.540. The predicted molar refractivity (Wildman–Crippen MR) is 102 cm³/mol. The van der Waals surface area contributed by atoms with E-state index >= 15 is 0 Å². The Bertz CT molecular complexity index is 633. The molecule has 2 aromatic rings. The Hall–Kier alpha value is -1.56. The maximum absolute atomic E-state index is 2.38. The molecule has 1 atom stereocenters. The lowest BCUT2D eigenvalue weighted by Crippen LogP contribution is -2.12. The monoisotopic (exact) mass is 308 g/mol. The molecule has 0 spiro atoms. The summed E-state index contributed by atoms with van der Waals surface area (Å²) < 4.78 is 0. The molecular weight excluding hydrogens is 276 g/mol. The van der Waals surface area contributed by atoms with Gasteiger partial charge in [-0.2, -0.15) is 0 Å². The van der Waals surface area contributed by atoms with Crippen LogP contribution in [0.3, 0.4) is 0 Å². The lowest BCUT2D eigenvalue weighted by molar-refractivity contribution is 0.587. The zero-order valence-electron chi connectivity index (χ0n) is 15.9. The number of hydrogen-bond donors (Lipinski definition) is 0. The minimum atomic E-state index is 0.212. The van der Waals surface area contributed by atoms with E-state index in [1.807, 2.05) is 0 Å². The average Bonchev–Trinajstić information content (AvgIpc) is 2.46. The van der Waals surface area contributed by atoms with Crippen LogP contribution in [0.15, 0.2) is 48.5 Å². The van der Waals surface area contributed by atoms with Crippen molar-refractivity contribution in [3.63, 3.8) is 0 Å². The minimum absolute atomic E-state index is 0.212. The van der Waals surface area contributed by atoms with Gasteiger partial charge in [0.2, 0.25) is 0 Å². The summed E-state index contributed by atoms with van der Waals surface area (Å²) in [5, 5.41) is 0. The first-order valence-electron chi connectivity index (χ1n) is 8.77. The third-order valence-corrected chi connectivity index (χ3v) is 4.68. The molecular formula is C23H32. The highest BCUT2D eigenvalue weighted by Crippen LogP contribution is 2.28. The van der Waals surface area contributed by atoms with Gasteiger partial charge in [-0.15, -0.1) is 0 Å². The van der Waals surface area contributed by atoms with Crippen LogP contribution in [0.5, 0.6) is 0 Å². The summed E-state index contributed by atoms with van der Waals surface area (Å²) in [4.78, 5) is 0. The Morgan fingerprint density at radius 3 is 1.83 bits per heavy atom. The van der Waals surface area contributed by atoms with E-state index < -0.39 is 0 Å². The molecule has 0 aliphatic carbocycles. The molecule has 0 heterocycles. The largest absolute Gasteiger partial charge is 0.0617 e. The molecule has 0 aliphatic heterocycles. The van der Waals surface area contributed by atoms with Crippen LogP contribution < -0.4 is 0 Å². The van der Waals surface area contributed by atoms with E-state index in [0.717, 1.165) is 6.42 Å². The predicted octanol–water partition coefficient (Wildman–Crippen LogP) is 6.63. The van der Waals surface area contributed by atoms with Crippen molar-refractivity contribution in [3.05, 3.63) is 70.8 Å². The third-order valence-electron chi connectivity index (χ3n) is 4.68. The summed E-state index contributed by atoms with van der Waals surface area (Å²) >= 11 is 0. The molecule has 0 saturated carbocycles. The van der Waals surface area contributed by atoms with Crippen molar-refractivity contribution in [1.82, 2.24) is 0 Å². The lowest BCUT2D eigenvalue weighted by atomic mass is 9.83. The first kappa shape index (κ1) is 17.8.